The minimum absolute atomic E-state index is 0.0177. The van der Waals surface area contributed by atoms with Crippen LogP contribution >= 0.6 is 0 Å². The summed E-state index contributed by atoms with van der Waals surface area (Å²) in [6.45, 7) is 5.23. The van der Waals surface area contributed by atoms with Crippen LogP contribution in [0.3, 0.4) is 0 Å². The van der Waals surface area contributed by atoms with Crippen LogP contribution in [0.4, 0.5) is 5.82 Å². The van der Waals surface area contributed by atoms with Crippen LogP contribution in [0, 0.1) is 5.41 Å². The van der Waals surface area contributed by atoms with E-state index >= 15 is 0 Å². The van der Waals surface area contributed by atoms with Crippen molar-refractivity contribution in [2.45, 2.75) is 31.6 Å². The number of H-pyrrole nitrogens is 1. The van der Waals surface area contributed by atoms with Crippen LogP contribution in [0.5, 0.6) is 0 Å². The lowest BCUT2D eigenvalue weighted by atomic mass is 9.85. The smallest absolute Gasteiger partial charge is 0.248 e. The highest BCUT2D eigenvalue weighted by Gasteiger charge is 2.35. The highest BCUT2D eigenvalue weighted by molar-refractivity contribution is 7.89. The van der Waals surface area contributed by atoms with Crippen LogP contribution in [-0.4, -0.2) is 36.0 Å². The largest absolute Gasteiger partial charge is 0.383 e. The van der Waals surface area contributed by atoms with Gasteiger partial charge in [-0.2, -0.15) is 9.40 Å². The van der Waals surface area contributed by atoms with E-state index in [2.05, 4.69) is 24.0 Å². The molecule has 0 aliphatic carbocycles. The Labute approximate surface area is 101 Å². The molecule has 1 aromatic rings. The number of nitrogen functional groups attached to an aromatic ring is 1. The molecule has 17 heavy (non-hydrogen) atoms. The first-order chi connectivity index (χ1) is 7.83. The Balaban J connectivity index is 2.31. The lowest BCUT2D eigenvalue weighted by Gasteiger charge is -2.36. The van der Waals surface area contributed by atoms with Crippen molar-refractivity contribution in [3.8, 4) is 0 Å². The molecule has 0 amide bonds. The molecule has 1 aliphatic heterocycles. The Kier molecular flexibility index (Phi) is 2.90. The van der Waals surface area contributed by atoms with E-state index in [9.17, 15) is 8.42 Å². The Hall–Kier alpha value is -1.08. The molecule has 96 valence electrons. The Morgan fingerprint density at radius 2 is 2.24 bits per heavy atom. The van der Waals surface area contributed by atoms with Crippen molar-refractivity contribution in [3.63, 3.8) is 0 Å². The summed E-state index contributed by atoms with van der Waals surface area (Å²) in [5.41, 5.74) is 5.59. The zero-order valence-electron chi connectivity index (χ0n) is 10.1. The highest BCUT2D eigenvalue weighted by Crippen LogP contribution is 2.32. The maximum atomic E-state index is 12.3. The van der Waals surface area contributed by atoms with Gasteiger partial charge in [0.1, 0.15) is 10.7 Å². The quantitative estimate of drug-likeness (QED) is 0.820. The Bertz CT molecular complexity index is 506. The van der Waals surface area contributed by atoms with E-state index in [-0.39, 0.29) is 16.1 Å². The molecule has 1 aromatic heterocycles. The molecule has 1 aliphatic rings. The van der Waals surface area contributed by atoms with Crippen molar-refractivity contribution >= 4 is 15.8 Å². The van der Waals surface area contributed by atoms with Crippen LogP contribution < -0.4 is 5.73 Å². The number of anilines is 1. The molecule has 3 N–H and O–H groups in total. The van der Waals surface area contributed by atoms with Crippen molar-refractivity contribution in [1.82, 2.24) is 14.5 Å². The summed E-state index contributed by atoms with van der Waals surface area (Å²) in [6.07, 6.45) is 3.19. The first-order valence-electron chi connectivity index (χ1n) is 5.62. The molecule has 7 heteroatoms. The number of rotatable bonds is 2. The number of hydrogen-bond acceptors (Lipinski definition) is 4. The molecule has 2 heterocycles. The molecule has 0 bridgehead atoms. The van der Waals surface area contributed by atoms with Crippen LogP contribution in [0.1, 0.15) is 26.7 Å². The normalized spacial score (nSPS) is 21.5. The molecular formula is C10H18N4O2S. The van der Waals surface area contributed by atoms with Crippen molar-refractivity contribution in [1.29, 1.82) is 0 Å². The second-order valence-corrected chi connectivity index (χ2v) is 7.16. The third-order valence-corrected chi connectivity index (χ3v) is 4.99. The predicted octanol–water partition coefficient (Wildman–Crippen LogP) is 0.803. The number of hydrogen-bond donors (Lipinski definition) is 2. The molecule has 1 saturated heterocycles. The van der Waals surface area contributed by atoms with Gasteiger partial charge in [0.25, 0.3) is 0 Å². The van der Waals surface area contributed by atoms with Crippen molar-refractivity contribution in [2.24, 2.45) is 5.41 Å². The van der Waals surface area contributed by atoms with Crippen LogP contribution in [-0.2, 0) is 10.0 Å². The second kappa shape index (κ2) is 3.99. The second-order valence-electron chi connectivity index (χ2n) is 5.25. The molecular weight excluding hydrogens is 240 g/mol. The molecule has 0 unspecified atom stereocenters. The maximum Gasteiger partial charge on any atom is 0.248 e. The number of nitrogens with one attached hydrogen (secondary N) is 1. The summed E-state index contributed by atoms with van der Waals surface area (Å²) < 4.78 is 26.2. The standard InChI is InChI=1S/C10H18N4O2S/c1-10(2)4-3-5-14(7-10)17(15,16)8-6-12-13-9(8)11/h6H,3-5,7H2,1-2H3,(H3,11,12,13). The van der Waals surface area contributed by atoms with Crippen molar-refractivity contribution in [2.75, 3.05) is 18.8 Å². The summed E-state index contributed by atoms with van der Waals surface area (Å²) in [6, 6.07) is 0. The fourth-order valence-electron chi connectivity index (χ4n) is 2.20. The van der Waals surface area contributed by atoms with Gasteiger partial charge in [0, 0.05) is 13.1 Å². The molecule has 0 atom stereocenters. The van der Waals surface area contributed by atoms with Gasteiger partial charge in [-0.25, -0.2) is 8.42 Å². The minimum atomic E-state index is -3.51. The Morgan fingerprint density at radius 3 is 2.76 bits per heavy atom. The SMILES string of the molecule is CC1(C)CCCN(S(=O)(=O)c2cn[nH]c2N)C1. The molecule has 0 saturated carbocycles. The van der Waals surface area contributed by atoms with E-state index in [4.69, 9.17) is 5.73 Å². The first-order valence-corrected chi connectivity index (χ1v) is 7.06. The van der Waals surface area contributed by atoms with Gasteiger partial charge in [-0.15, -0.1) is 0 Å². The van der Waals surface area contributed by atoms with Crippen LogP contribution in [0.15, 0.2) is 11.1 Å². The average molecular weight is 258 g/mol. The number of aromatic nitrogens is 2. The summed E-state index contributed by atoms with van der Waals surface area (Å²) in [4.78, 5) is 0.0789. The third kappa shape index (κ3) is 2.30. The summed E-state index contributed by atoms with van der Waals surface area (Å²) in [5, 5.41) is 6.12. The number of sulfonamides is 1. The molecule has 0 spiro atoms. The van der Waals surface area contributed by atoms with E-state index < -0.39 is 10.0 Å². The number of piperidine rings is 1. The van der Waals surface area contributed by atoms with E-state index in [0.29, 0.717) is 13.1 Å². The van der Waals surface area contributed by atoms with Gasteiger partial charge in [-0.1, -0.05) is 13.8 Å². The molecule has 1 fully saturated rings. The van der Waals surface area contributed by atoms with Crippen molar-refractivity contribution in [3.05, 3.63) is 6.20 Å². The maximum absolute atomic E-state index is 12.3. The summed E-state index contributed by atoms with van der Waals surface area (Å²) >= 11 is 0. The lowest BCUT2D eigenvalue weighted by Crippen LogP contribution is -2.43. The zero-order valence-corrected chi connectivity index (χ0v) is 10.9. The van der Waals surface area contributed by atoms with Gasteiger partial charge in [0.15, 0.2) is 0 Å². The lowest BCUT2D eigenvalue weighted by molar-refractivity contribution is 0.187. The van der Waals surface area contributed by atoms with Gasteiger partial charge >= 0.3 is 0 Å². The summed E-state index contributed by atoms with van der Waals surface area (Å²) in [7, 11) is -3.51. The monoisotopic (exact) mass is 258 g/mol. The number of aromatic amines is 1. The van der Waals surface area contributed by atoms with Gasteiger partial charge in [-0.05, 0) is 18.3 Å². The number of nitrogens with zero attached hydrogens (tertiary/aromatic N) is 2. The topological polar surface area (TPSA) is 92.1 Å². The molecule has 2 rings (SSSR count). The number of nitrogens with two attached hydrogens (primary N) is 1. The van der Waals surface area contributed by atoms with E-state index in [0.717, 1.165) is 12.8 Å². The molecule has 0 aromatic carbocycles. The minimum Gasteiger partial charge on any atom is -0.383 e. The summed E-state index contributed by atoms with van der Waals surface area (Å²) in [5.74, 6) is 0.105. The van der Waals surface area contributed by atoms with Crippen LogP contribution in [0.2, 0.25) is 0 Å². The van der Waals surface area contributed by atoms with Crippen LogP contribution in [0.25, 0.3) is 0 Å². The zero-order chi connectivity index (χ0) is 12.7. The van der Waals surface area contributed by atoms with Gasteiger partial charge < -0.3 is 5.73 Å². The third-order valence-electron chi connectivity index (χ3n) is 3.12. The first kappa shape index (κ1) is 12.4. The fraction of sp³-hybridized carbons (Fsp3) is 0.700. The van der Waals surface area contributed by atoms with E-state index in [1.807, 2.05) is 0 Å². The van der Waals surface area contributed by atoms with Gasteiger partial charge in [-0.3, -0.25) is 5.10 Å². The average Bonchev–Trinajstić information content (AvgIpc) is 2.63. The highest BCUT2D eigenvalue weighted by atomic mass is 32.2. The van der Waals surface area contributed by atoms with Gasteiger partial charge in [0.05, 0.1) is 6.20 Å². The fourth-order valence-corrected chi connectivity index (χ4v) is 3.88. The molecule has 0 radical (unpaired) electrons. The van der Waals surface area contributed by atoms with E-state index in [1.54, 1.807) is 0 Å². The predicted molar refractivity (Wildman–Crippen MR) is 64.8 cm³/mol. The van der Waals surface area contributed by atoms with Gasteiger partial charge in [0.2, 0.25) is 10.0 Å². The van der Waals surface area contributed by atoms with E-state index in [1.165, 1.54) is 10.5 Å². The van der Waals surface area contributed by atoms with Crippen molar-refractivity contribution < 1.29 is 8.42 Å². The molecule has 6 nitrogen and oxygen atoms in total. The Morgan fingerprint density at radius 1 is 1.53 bits per heavy atom.